The fourth-order valence-corrected chi connectivity index (χ4v) is 1.64. The largest absolute Gasteiger partial charge is 0.399 e. The summed E-state index contributed by atoms with van der Waals surface area (Å²) >= 11 is 0. The predicted octanol–water partition coefficient (Wildman–Crippen LogP) is 2.37. The monoisotopic (exact) mass is 195 g/mol. The van der Waals surface area contributed by atoms with Gasteiger partial charge >= 0.3 is 0 Å². The van der Waals surface area contributed by atoms with Crippen molar-refractivity contribution >= 4 is 27.8 Å². The van der Waals surface area contributed by atoms with Gasteiger partial charge in [-0.2, -0.15) is 0 Å². The van der Waals surface area contributed by atoms with Crippen molar-refractivity contribution in [3.8, 4) is 0 Å². The molecule has 0 bridgehead atoms. The van der Waals surface area contributed by atoms with Gasteiger partial charge in [0.05, 0.1) is 22.1 Å². The highest BCUT2D eigenvalue weighted by molar-refractivity contribution is 5.87. The van der Waals surface area contributed by atoms with Crippen molar-refractivity contribution in [3.05, 3.63) is 42.5 Å². The Morgan fingerprint density at radius 3 is 2.07 bits per heavy atom. The smallest absolute Gasteiger partial charge is 0.0915 e. The number of rotatable bonds is 0. The highest BCUT2D eigenvalue weighted by atomic mass is 14.8. The van der Waals surface area contributed by atoms with Gasteiger partial charge in [-0.15, -0.1) is 0 Å². The minimum absolute atomic E-state index is 0.715. The lowest BCUT2D eigenvalue weighted by molar-refractivity contribution is 1.39. The first-order valence-corrected chi connectivity index (χ1v) is 4.75. The molecule has 0 aliphatic rings. The maximum atomic E-state index is 5.70. The summed E-state index contributed by atoms with van der Waals surface area (Å²) in [6.07, 6.45) is 0. The van der Waals surface area contributed by atoms with Gasteiger partial charge in [-0.05, 0) is 30.3 Å². The van der Waals surface area contributed by atoms with Gasteiger partial charge in [0.25, 0.3) is 0 Å². The van der Waals surface area contributed by atoms with Gasteiger partial charge < -0.3 is 5.73 Å². The minimum Gasteiger partial charge on any atom is -0.399 e. The summed E-state index contributed by atoms with van der Waals surface area (Å²) in [6.45, 7) is 0. The van der Waals surface area contributed by atoms with Crippen LogP contribution in [0.1, 0.15) is 0 Å². The molecule has 3 rings (SSSR count). The molecule has 1 aromatic heterocycles. The van der Waals surface area contributed by atoms with Crippen LogP contribution in [0.15, 0.2) is 42.5 Å². The Kier molecular flexibility index (Phi) is 1.59. The van der Waals surface area contributed by atoms with E-state index in [9.17, 15) is 0 Å². The van der Waals surface area contributed by atoms with Crippen molar-refractivity contribution in [1.82, 2.24) is 9.97 Å². The van der Waals surface area contributed by atoms with Crippen LogP contribution in [0.4, 0.5) is 5.69 Å². The number of fused-ring (bicyclic) bond motifs is 2. The topological polar surface area (TPSA) is 51.8 Å². The summed E-state index contributed by atoms with van der Waals surface area (Å²) in [5.74, 6) is 0. The van der Waals surface area contributed by atoms with E-state index in [1.807, 2.05) is 42.5 Å². The molecule has 0 aliphatic carbocycles. The van der Waals surface area contributed by atoms with E-state index >= 15 is 0 Å². The molecule has 0 saturated heterocycles. The zero-order chi connectivity index (χ0) is 10.3. The Morgan fingerprint density at radius 1 is 0.733 bits per heavy atom. The van der Waals surface area contributed by atoms with E-state index < -0.39 is 0 Å². The molecule has 15 heavy (non-hydrogen) atoms. The zero-order valence-electron chi connectivity index (χ0n) is 8.01. The number of hydrogen-bond acceptors (Lipinski definition) is 3. The van der Waals surface area contributed by atoms with E-state index in [-0.39, 0.29) is 0 Å². The Morgan fingerprint density at radius 2 is 1.33 bits per heavy atom. The van der Waals surface area contributed by atoms with Crippen LogP contribution in [0.25, 0.3) is 22.1 Å². The summed E-state index contributed by atoms with van der Waals surface area (Å²) < 4.78 is 0. The third-order valence-corrected chi connectivity index (χ3v) is 2.36. The summed E-state index contributed by atoms with van der Waals surface area (Å²) in [4.78, 5) is 9.00. The Hall–Kier alpha value is -2.16. The molecular weight excluding hydrogens is 186 g/mol. The zero-order valence-corrected chi connectivity index (χ0v) is 8.01. The summed E-state index contributed by atoms with van der Waals surface area (Å²) in [6, 6.07) is 13.4. The first-order chi connectivity index (χ1) is 7.33. The Balaban J connectivity index is 2.47. The van der Waals surface area contributed by atoms with Crippen LogP contribution in [0.2, 0.25) is 0 Å². The van der Waals surface area contributed by atoms with Gasteiger partial charge in [0.2, 0.25) is 0 Å². The van der Waals surface area contributed by atoms with Crippen LogP contribution >= 0.6 is 0 Å². The molecule has 3 heteroatoms. The first kappa shape index (κ1) is 8.17. The van der Waals surface area contributed by atoms with Crippen LogP contribution in [0.3, 0.4) is 0 Å². The standard InChI is InChI=1S/C12H9N3/c13-8-5-6-11-12(7-8)15-10-4-2-1-3-9(10)14-11/h1-7H,13H2. The number of para-hydroxylation sites is 2. The normalized spacial score (nSPS) is 10.9. The van der Waals surface area contributed by atoms with Gasteiger partial charge in [0.15, 0.2) is 0 Å². The highest BCUT2D eigenvalue weighted by Gasteiger charge is 2.00. The van der Waals surface area contributed by atoms with Crippen LogP contribution in [-0.2, 0) is 0 Å². The second-order valence-corrected chi connectivity index (χ2v) is 3.46. The highest BCUT2D eigenvalue weighted by Crippen LogP contribution is 2.17. The number of nitrogens with zero attached hydrogens (tertiary/aromatic N) is 2. The number of hydrogen-bond donors (Lipinski definition) is 1. The molecule has 0 amide bonds. The second kappa shape index (κ2) is 2.92. The number of anilines is 1. The van der Waals surface area contributed by atoms with E-state index in [0.29, 0.717) is 5.69 Å². The summed E-state index contributed by atoms with van der Waals surface area (Å²) in [5.41, 5.74) is 9.94. The first-order valence-electron chi connectivity index (χ1n) is 4.75. The number of benzene rings is 2. The number of nitrogen functional groups attached to an aromatic ring is 1. The molecule has 0 unspecified atom stereocenters. The van der Waals surface area contributed by atoms with Gasteiger partial charge in [-0.25, -0.2) is 9.97 Å². The van der Waals surface area contributed by atoms with E-state index in [1.54, 1.807) is 0 Å². The van der Waals surface area contributed by atoms with Crippen molar-refractivity contribution in [2.45, 2.75) is 0 Å². The number of nitrogens with two attached hydrogens (primary N) is 1. The van der Waals surface area contributed by atoms with Gasteiger partial charge in [0, 0.05) is 5.69 Å². The molecule has 72 valence electrons. The minimum atomic E-state index is 0.715. The van der Waals surface area contributed by atoms with E-state index in [2.05, 4.69) is 9.97 Å². The molecule has 0 spiro atoms. The average molecular weight is 195 g/mol. The van der Waals surface area contributed by atoms with E-state index in [1.165, 1.54) is 0 Å². The van der Waals surface area contributed by atoms with Crippen molar-refractivity contribution in [2.24, 2.45) is 0 Å². The molecule has 0 radical (unpaired) electrons. The molecular formula is C12H9N3. The van der Waals surface area contributed by atoms with Crippen LogP contribution in [0.5, 0.6) is 0 Å². The molecule has 0 fully saturated rings. The molecule has 0 saturated carbocycles. The van der Waals surface area contributed by atoms with E-state index in [0.717, 1.165) is 22.1 Å². The molecule has 2 aromatic carbocycles. The fourth-order valence-electron chi connectivity index (χ4n) is 1.64. The van der Waals surface area contributed by atoms with Gasteiger partial charge in [-0.1, -0.05) is 12.1 Å². The maximum absolute atomic E-state index is 5.70. The van der Waals surface area contributed by atoms with E-state index in [4.69, 9.17) is 5.73 Å². The molecule has 0 aliphatic heterocycles. The Labute approximate surface area is 86.6 Å². The van der Waals surface area contributed by atoms with Gasteiger partial charge in [-0.3, -0.25) is 0 Å². The van der Waals surface area contributed by atoms with Crippen LogP contribution < -0.4 is 5.73 Å². The molecule has 2 N–H and O–H groups in total. The quantitative estimate of drug-likeness (QED) is 0.442. The third kappa shape index (κ3) is 1.29. The second-order valence-electron chi connectivity index (χ2n) is 3.46. The molecule has 0 atom stereocenters. The molecule has 1 heterocycles. The lowest BCUT2D eigenvalue weighted by Gasteiger charge is -2.00. The lowest BCUT2D eigenvalue weighted by atomic mass is 10.2. The maximum Gasteiger partial charge on any atom is 0.0915 e. The Bertz CT molecular complexity index is 646. The van der Waals surface area contributed by atoms with Crippen molar-refractivity contribution < 1.29 is 0 Å². The predicted molar refractivity (Wildman–Crippen MR) is 61.5 cm³/mol. The summed E-state index contributed by atoms with van der Waals surface area (Å²) in [5, 5.41) is 0. The molecule has 3 aromatic rings. The average Bonchev–Trinajstić information content (AvgIpc) is 2.26. The third-order valence-electron chi connectivity index (χ3n) is 2.36. The number of aromatic nitrogens is 2. The van der Waals surface area contributed by atoms with Crippen LogP contribution in [-0.4, -0.2) is 9.97 Å². The van der Waals surface area contributed by atoms with Gasteiger partial charge in [0.1, 0.15) is 0 Å². The summed E-state index contributed by atoms with van der Waals surface area (Å²) in [7, 11) is 0. The van der Waals surface area contributed by atoms with Crippen molar-refractivity contribution in [3.63, 3.8) is 0 Å². The van der Waals surface area contributed by atoms with Crippen molar-refractivity contribution in [1.29, 1.82) is 0 Å². The van der Waals surface area contributed by atoms with Crippen molar-refractivity contribution in [2.75, 3.05) is 5.73 Å². The lowest BCUT2D eigenvalue weighted by Crippen LogP contribution is -1.89. The molecule has 3 nitrogen and oxygen atoms in total. The van der Waals surface area contributed by atoms with Crippen LogP contribution in [0, 0.1) is 0 Å². The fraction of sp³-hybridized carbons (Fsp3) is 0. The SMILES string of the molecule is Nc1ccc2nc3ccccc3nc2c1.